The molecule has 4 rings (SSSR count). The van der Waals surface area contributed by atoms with Crippen LogP contribution in [0.15, 0.2) is 48.5 Å². The first-order valence-corrected chi connectivity index (χ1v) is 9.74. The van der Waals surface area contributed by atoms with E-state index in [9.17, 15) is 4.79 Å². The molecule has 7 nitrogen and oxygen atoms in total. The summed E-state index contributed by atoms with van der Waals surface area (Å²) in [7, 11) is 0. The van der Waals surface area contributed by atoms with Crippen molar-refractivity contribution in [1.82, 2.24) is 20.3 Å². The van der Waals surface area contributed by atoms with Crippen LogP contribution in [-0.2, 0) is 24.4 Å². The molecule has 1 amide bonds. The molecule has 150 valence electrons. The van der Waals surface area contributed by atoms with E-state index in [2.05, 4.69) is 46.8 Å². The summed E-state index contributed by atoms with van der Waals surface area (Å²) >= 11 is 0. The van der Waals surface area contributed by atoms with Gasteiger partial charge in [-0.3, -0.25) is 4.79 Å². The minimum atomic E-state index is -0.259. The fraction of sp³-hybridized carbons (Fsp3) is 0.318. The molecule has 2 heterocycles. The van der Waals surface area contributed by atoms with Gasteiger partial charge < -0.3 is 14.8 Å². The number of benzene rings is 2. The molecular formula is C22H24N4O3. The maximum Gasteiger partial charge on any atom is 0.274 e. The Morgan fingerprint density at radius 1 is 1.28 bits per heavy atom. The number of hydrogen-bond donors (Lipinski definition) is 1. The number of carbonyl (C=O) groups excluding carboxylic acids is 1. The van der Waals surface area contributed by atoms with E-state index in [0.717, 1.165) is 16.9 Å². The maximum absolute atomic E-state index is 12.6. The highest BCUT2D eigenvalue weighted by Crippen LogP contribution is 2.27. The largest absolute Gasteiger partial charge is 0.494 e. The Kier molecular flexibility index (Phi) is 5.57. The molecule has 0 bridgehead atoms. The first-order chi connectivity index (χ1) is 14.1. The zero-order valence-corrected chi connectivity index (χ0v) is 16.6. The fourth-order valence-corrected chi connectivity index (χ4v) is 3.35. The van der Waals surface area contributed by atoms with Crippen molar-refractivity contribution in [3.63, 3.8) is 0 Å². The number of ether oxygens (including phenoxy) is 2. The quantitative estimate of drug-likeness (QED) is 0.697. The Balaban J connectivity index is 1.41. The van der Waals surface area contributed by atoms with Crippen molar-refractivity contribution >= 4 is 5.91 Å². The molecule has 2 aromatic carbocycles. The van der Waals surface area contributed by atoms with Gasteiger partial charge in [0.05, 0.1) is 25.5 Å². The van der Waals surface area contributed by atoms with Crippen LogP contribution in [0.2, 0.25) is 0 Å². The van der Waals surface area contributed by atoms with E-state index in [1.807, 2.05) is 31.2 Å². The van der Waals surface area contributed by atoms with Gasteiger partial charge in [0.2, 0.25) is 0 Å². The van der Waals surface area contributed by atoms with Crippen LogP contribution in [0.1, 0.15) is 45.9 Å². The highest BCUT2D eigenvalue weighted by molar-refractivity contribution is 5.93. The standard InChI is InChI=1S/C22H24N4O3/c1-3-28-18-6-4-5-16(11-18)12-23-22(27)21-19-14-29-20(13-26(19)25-24-21)17-9-7-15(2)8-10-17/h4-11,20H,3,12-14H2,1-2H3,(H,23,27). The van der Waals surface area contributed by atoms with E-state index in [0.29, 0.717) is 37.7 Å². The summed E-state index contributed by atoms with van der Waals surface area (Å²) in [6.45, 7) is 5.82. The number of nitrogens with one attached hydrogen (secondary N) is 1. The second-order valence-electron chi connectivity index (χ2n) is 7.04. The molecule has 29 heavy (non-hydrogen) atoms. The van der Waals surface area contributed by atoms with Crippen molar-refractivity contribution < 1.29 is 14.3 Å². The first kappa shape index (κ1) is 19.1. The van der Waals surface area contributed by atoms with Gasteiger partial charge in [-0.15, -0.1) is 5.10 Å². The molecule has 0 radical (unpaired) electrons. The van der Waals surface area contributed by atoms with E-state index in [1.165, 1.54) is 5.56 Å². The van der Waals surface area contributed by atoms with Crippen molar-refractivity contribution in [2.24, 2.45) is 0 Å². The van der Waals surface area contributed by atoms with E-state index in [4.69, 9.17) is 9.47 Å². The molecule has 1 aliphatic heterocycles. The van der Waals surface area contributed by atoms with Gasteiger partial charge in [0.15, 0.2) is 5.69 Å². The third-order valence-corrected chi connectivity index (χ3v) is 4.92. The Morgan fingerprint density at radius 2 is 2.10 bits per heavy atom. The van der Waals surface area contributed by atoms with Gasteiger partial charge in [0.25, 0.3) is 5.91 Å². The van der Waals surface area contributed by atoms with Crippen molar-refractivity contribution in [3.05, 3.63) is 76.6 Å². The van der Waals surface area contributed by atoms with Crippen LogP contribution < -0.4 is 10.1 Å². The number of aryl methyl sites for hydroxylation is 1. The second-order valence-corrected chi connectivity index (χ2v) is 7.04. The third kappa shape index (κ3) is 4.30. The Labute approximate surface area is 169 Å². The lowest BCUT2D eigenvalue weighted by Gasteiger charge is -2.24. The number of fused-ring (bicyclic) bond motifs is 1. The molecule has 1 unspecified atom stereocenters. The lowest BCUT2D eigenvalue weighted by molar-refractivity contribution is -0.00177. The molecule has 7 heteroatoms. The molecule has 1 aromatic heterocycles. The molecule has 1 atom stereocenters. The molecule has 3 aromatic rings. The van der Waals surface area contributed by atoms with Crippen molar-refractivity contribution in [2.45, 2.75) is 39.6 Å². The van der Waals surface area contributed by atoms with Gasteiger partial charge in [-0.05, 0) is 37.1 Å². The molecule has 0 spiro atoms. The SMILES string of the molecule is CCOc1cccc(CNC(=O)c2nnn3c2COC(c2ccc(C)cc2)C3)c1. The van der Waals surface area contributed by atoms with Crippen molar-refractivity contribution in [3.8, 4) is 5.75 Å². The molecular weight excluding hydrogens is 368 g/mol. The number of aromatic nitrogens is 3. The lowest BCUT2D eigenvalue weighted by Crippen LogP contribution is -2.27. The average Bonchev–Trinajstić information content (AvgIpc) is 3.16. The topological polar surface area (TPSA) is 78.3 Å². The minimum Gasteiger partial charge on any atom is -0.494 e. The smallest absolute Gasteiger partial charge is 0.274 e. The summed E-state index contributed by atoms with van der Waals surface area (Å²) in [5.41, 5.74) is 4.27. The van der Waals surface area contributed by atoms with Crippen LogP contribution in [0.5, 0.6) is 5.75 Å². The summed E-state index contributed by atoms with van der Waals surface area (Å²) in [4.78, 5) is 12.6. The van der Waals surface area contributed by atoms with Crippen LogP contribution in [0, 0.1) is 6.92 Å². The van der Waals surface area contributed by atoms with Crippen LogP contribution in [-0.4, -0.2) is 27.5 Å². The highest BCUT2D eigenvalue weighted by Gasteiger charge is 2.27. The van der Waals surface area contributed by atoms with Crippen molar-refractivity contribution in [2.75, 3.05) is 6.61 Å². The molecule has 0 saturated heterocycles. The Bertz CT molecular complexity index is 998. The number of amides is 1. The summed E-state index contributed by atoms with van der Waals surface area (Å²) in [5.74, 6) is 0.529. The molecule has 1 aliphatic rings. The molecule has 0 fully saturated rings. The van der Waals surface area contributed by atoms with Gasteiger partial charge >= 0.3 is 0 Å². The Morgan fingerprint density at radius 3 is 2.90 bits per heavy atom. The van der Waals surface area contributed by atoms with Crippen LogP contribution in [0.3, 0.4) is 0 Å². The second kappa shape index (κ2) is 8.45. The molecule has 0 aliphatic carbocycles. The Hall–Kier alpha value is -3.19. The fourth-order valence-electron chi connectivity index (χ4n) is 3.35. The van der Waals surface area contributed by atoms with Crippen molar-refractivity contribution in [1.29, 1.82) is 0 Å². The summed E-state index contributed by atoms with van der Waals surface area (Å²) in [6, 6.07) is 15.9. The van der Waals surface area contributed by atoms with Gasteiger partial charge in [-0.2, -0.15) is 0 Å². The average molecular weight is 392 g/mol. The third-order valence-electron chi connectivity index (χ3n) is 4.92. The number of rotatable bonds is 6. The molecule has 0 saturated carbocycles. The van der Waals surface area contributed by atoms with Gasteiger partial charge in [-0.1, -0.05) is 47.2 Å². The van der Waals surface area contributed by atoms with E-state index in [-0.39, 0.29) is 12.0 Å². The zero-order valence-electron chi connectivity index (χ0n) is 16.6. The number of nitrogens with zero attached hydrogens (tertiary/aromatic N) is 3. The zero-order chi connectivity index (χ0) is 20.2. The van der Waals surface area contributed by atoms with Gasteiger partial charge in [0, 0.05) is 6.54 Å². The number of carbonyl (C=O) groups is 1. The van der Waals surface area contributed by atoms with Crippen LogP contribution >= 0.6 is 0 Å². The normalized spacial score (nSPS) is 15.6. The first-order valence-electron chi connectivity index (χ1n) is 9.74. The van der Waals surface area contributed by atoms with E-state index >= 15 is 0 Å². The summed E-state index contributed by atoms with van der Waals surface area (Å²) in [5, 5.41) is 11.2. The predicted molar refractivity (Wildman–Crippen MR) is 108 cm³/mol. The maximum atomic E-state index is 12.6. The van der Waals surface area contributed by atoms with Gasteiger partial charge in [0.1, 0.15) is 11.9 Å². The van der Waals surface area contributed by atoms with E-state index in [1.54, 1.807) is 4.68 Å². The molecule has 1 N–H and O–H groups in total. The summed E-state index contributed by atoms with van der Waals surface area (Å²) < 4.78 is 13.2. The summed E-state index contributed by atoms with van der Waals surface area (Å²) in [6.07, 6.45) is -0.0954. The van der Waals surface area contributed by atoms with Crippen LogP contribution in [0.25, 0.3) is 0 Å². The van der Waals surface area contributed by atoms with Gasteiger partial charge in [-0.25, -0.2) is 4.68 Å². The number of hydrogen-bond acceptors (Lipinski definition) is 5. The predicted octanol–water partition coefficient (Wildman–Crippen LogP) is 3.19. The van der Waals surface area contributed by atoms with Crippen LogP contribution in [0.4, 0.5) is 0 Å². The minimum absolute atomic E-state index is 0.0954. The van der Waals surface area contributed by atoms with E-state index < -0.39 is 0 Å². The monoisotopic (exact) mass is 392 g/mol. The highest BCUT2D eigenvalue weighted by atomic mass is 16.5. The lowest BCUT2D eigenvalue weighted by atomic mass is 10.1.